The van der Waals surface area contributed by atoms with Crippen molar-refractivity contribution in [2.45, 2.75) is 32.3 Å². The van der Waals surface area contributed by atoms with Gasteiger partial charge in [0.15, 0.2) is 0 Å². The molecule has 1 aliphatic heterocycles. The number of carbonyl (C=O) groups excluding carboxylic acids is 1. The van der Waals surface area contributed by atoms with Crippen molar-refractivity contribution in [2.75, 3.05) is 18.0 Å². The summed E-state index contributed by atoms with van der Waals surface area (Å²) in [5.74, 6) is 0.451. The molecular weight excluding hydrogens is 385 g/mol. The van der Waals surface area contributed by atoms with E-state index in [1.54, 1.807) is 6.07 Å². The predicted octanol–water partition coefficient (Wildman–Crippen LogP) is 3.59. The van der Waals surface area contributed by atoms with Gasteiger partial charge in [-0.3, -0.25) is 14.6 Å². The standard InChI is InChI=1S/C23H22FN3O3/c24-18-10-17(30-14-15-4-2-1-3-5-15)11-19-20(18)21(29)26-22(25-19)27-8-6-23(7-9-27)12-16(28)13-23/h1-5,10-11H,6-9,12-14H2,(H,25,26,29). The van der Waals surface area contributed by atoms with Crippen molar-refractivity contribution in [3.05, 3.63) is 64.2 Å². The second-order valence-electron chi connectivity index (χ2n) is 8.34. The highest BCUT2D eigenvalue weighted by molar-refractivity contribution is 5.86. The van der Waals surface area contributed by atoms with Crippen LogP contribution in [0.1, 0.15) is 31.2 Å². The summed E-state index contributed by atoms with van der Waals surface area (Å²) in [6, 6.07) is 12.4. The number of nitrogens with zero attached hydrogens (tertiary/aromatic N) is 2. The fourth-order valence-electron chi connectivity index (χ4n) is 4.49. The molecule has 1 aromatic heterocycles. The molecule has 2 fully saturated rings. The maximum Gasteiger partial charge on any atom is 0.263 e. The summed E-state index contributed by atoms with van der Waals surface area (Å²) in [7, 11) is 0. The van der Waals surface area contributed by atoms with Crippen LogP contribution in [0.15, 0.2) is 47.3 Å². The molecule has 154 valence electrons. The Bertz CT molecular complexity index is 1160. The lowest BCUT2D eigenvalue weighted by Gasteiger charge is -2.46. The molecule has 6 nitrogen and oxygen atoms in total. The van der Waals surface area contributed by atoms with Gasteiger partial charge < -0.3 is 9.64 Å². The molecule has 1 aliphatic carbocycles. The van der Waals surface area contributed by atoms with E-state index < -0.39 is 11.4 Å². The van der Waals surface area contributed by atoms with Crippen LogP contribution in [0.25, 0.3) is 10.9 Å². The molecule has 2 aliphatic rings. The van der Waals surface area contributed by atoms with Crippen LogP contribution < -0.4 is 15.2 Å². The van der Waals surface area contributed by atoms with Crippen LogP contribution in [-0.4, -0.2) is 28.8 Å². The summed E-state index contributed by atoms with van der Waals surface area (Å²) in [4.78, 5) is 33.2. The quantitative estimate of drug-likeness (QED) is 0.715. The summed E-state index contributed by atoms with van der Waals surface area (Å²) in [5, 5.41) is -0.0659. The Hall–Kier alpha value is -3.22. The minimum absolute atomic E-state index is 0.0659. The summed E-state index contributed by atoms with van der Waals surface area (Å²) in [6.07, 6.45) is 3.12. The molecule has 3 aromatic rings. The van der Waals surface area contributed by atoms with Crippen molar-refractivity contribution in [3.8, 4) is 5.75 Å². The number of Topliss-reactive ketones (excluding diaryl/α,β-unsaturated/α-hetero) is 1. The van der Waals surface area contributed by atoms with Crippen molar-refractivity contribution in [1.29, 1.82) is 0 Å². The van der Waals surface area contributed by atoms with E-state index >= 15 is 0 Å². The van der Waals surface area contributed by atoms with Crippen LogP contribution in [-0.2, 0) is 11.4 Å². The molecule has 0 unspecified atom stereocenters. The highest BCUT2D eigenvalue weighted by atomic mass is 19.1. The number of rotatable bonds is 4. The number of piperidine rings is 1. The molecule has 30 heavy (non-hydrogen) atoms. The lowest BCUT2D eigenvalue weighted by molar-refractivity contribution is -0.133. The lowest BCUT2D eigenvalue weighted by Crippen LogP contribution is -2.48. The number of hydrogen-bond donors (Lipinski definition) is 1. The topological polar surface area (TPSA) is 75.3 Å². The number of benzene rings is 2. The SMILES string of the molecule is O=C1CC2(CCN(c3nc4cc(OCc5ccccc5)cc(F)c4c(=O)[nH]3)CC2)C1. The third kappa shape index (κ3) is 3.44. The first-order chi connectivity index (χ1) is 14.5. The van der Waals surface area contributed by atoms with Crippen LogP contribution in [0.3, 0.4) is 0 Å². The van der Waals surface area contributed by atoms with Gasteiger partial charge in [-0.15, -0.1) is 0 Å². The number of nitrogens with one attached hydrogen (secondary N) is 1. The number of carbonyl (C=O) groups is 1. The third-order valence-electron chi connectivity index (χ3n) is 6.24. The van der Waals surface area contributed by atoms with E-state index in [-0.39, 0.29) is 16.3 Å². The van der Waals surface area contributed by atoms with Gasteiger partial charge in [0.2, 0.25) is 5.95 Å². The molecule has 5 rings (SSSR count). The molecule has 0 radical (unpaired) electrons. The smallest absolute Gasteiger partial charge is 0.263 e. The molecule has 2 aromatic carbocycles. The second kappa shape index (κ2) is 7.23. The molecular formula is C23H22FN3O3. The van der Waals surface area contributed by atoms with Gasteiger partial charge in [0.1, 0.15) is 29.3 Å². The van der Waals surface area contributed by atoms with E-state index in [0.717, 1.165) is 18.4 Å². The Morgan fingerprint density at radius 2 is 1.83 bits per heavy atom. The number of halogens is 1. The van der Waals surface area contributed by atoms with Crippen molar-refractivity contribution < 1.29 is 13.9 Å². The zero-order valence-electron chi connectivity index (χ0n) is 16.5. The maximum atomic E-state index is 14.6. The van der Waals surface area contributed by atoms with Crippen molar-refractivity contribution in [3.63, 3.8) is 0 Å². The Kier molecular flexibility index (Phi) is 4.53. The number of fused-ring (bicyclic) bond motifs is 1. The monoisotopic (exact) mass is 407 g/mol. The summed E-state index contributed by atoms with van der Waals surface area (Å²) < 4.78 is 20.3. The van der Waals surface area contributed by atoms with Gasteiger partial charge in [0, 0.05) is 38.1 Å². The highest BCUT2D eigenvalue weighted by Crippen LogP contribution is 2.46. The Balaban J connectivity index is 1.39. The van der Waals surface area contributed by atoms with E-state index in [1.807, 2.05) is 35.2 Å². The van der Waals surface area contributed by atoms with Gasteiger partial charge in [-0.2, -0.15) is 0 Å². The molecule has 1 saturated carbocycles. The van der Waals surface area contributed by atoms with Gasteiger partial charge >= 0.3 is 0 Å². The van der Waals surface area contributed by atoms with Crippen molar-refractivity contribution in [2.24, 2.45) is 5.41 Å². The number of H-pyrrole nitrogens is 1. The van der Waals surface area contributed by atoms with Crippen LogP contribution in [0.5, 0.6) is 5.75 Å². The number of ketones is 1. The van der Waals surface area contributed by atoms with Crippen LogP contribution in [0, 0.1) is 11.2 Å². The normalized spacial score (nSPS) is 17.9. The molecule has 1 spiro atoms. The number of aromatic nitrogens is 2. The highest BCUT2D eigenvalue weighted by Gasteiger charge is 2.45. The van der Waals surface area contributed by atoms with E-state index in [2.05, 4.69) is 9.97 Å². The molecule has 1 saturated heterocycles. The Morgan fingerprint density at radius 1 is 1.10 bits per heavy atom. The molecule has 1 N–H and O–H groups in total. The zero-order valence-corrected chi connectivity index (χ0v) is 16.5. The minimum atomic E-state index is -0.651. The molecule has 2 heterocycles. The second-order valence-corrected chi connectivity index (χ2v) is 8.34. The molecule has 7 heteroatoms. The van der Waals surface area contributed by atoms with E-state index in [4.69, 9.17) is 4.74 Å². The van der Waals surface area contributed by atoms with Gasteiger partial charge in [-0.05, 0) is 23.8 Å². The van der Waals surface area contributed by atoms with E-state index in [1.165, 1.54) is 6.07 Å². The van der Waals surface area contributed by atoms with Crippen molar-refractivity contribution in [1.82, 2.24) is 9.97 Å². The average molecular weight is 407 g/mol. The summed E-state index contributed by atoms with van der Waals surface area (Å²) in [5.41, 5.74) is 0.876. The predicted molar refractivity (Wildman–Crippen MR) is 111 cm³/mol. The Labute approximate surface area is 172 Å². The number of anilines is 1. The van der Waals surface area contributed by atoms with E-state index in [0.29, 0.717) is 50.0 Å². The first-order valence-corrected chi connectivity index (χ1v) is 10.2. The zero-order chi connectivity index (χ0) is 20.7. The van der Waals surface area contributed by atoms with Gasteiger partial charge in [0.05, 0.1) is 5.52 Å². The summed E-state index contributed by atoms with van der Waals surface area (Å²) >= 11 is 0. The van der Waals surface area contributed by atoms with Crippen molar-refractivity contribution >= 4 is 22.6 Å². The van der Waals surface area contributed by atoms with Gasteiger partial charge in [-0.1, -0.05) is 30.3 Å². The fraction of sp³-hybridized carbons (Fsp3) is 0.348. The number of ether oxygens (including phenoxy) is 1. The molecule has 0 bridgehead atoms. The maximum absolute atomic E-state index is 14.6. The van der Waals surface area contributed by atoms with Gasteiger partial charge in [-0.25, -0.2) is 9.37 Å². The minimum Gasteiger partial charge on any atom is -0.489 e. The van der Waals surface area contributed by atoms with Crippen LogP contribution >= 0.6 is 0 Å². The first kappa shape index (κ1) is 18.8. The lowest BCUT2D eigenvalue weighted by atomic mass is 9.62. The third-order valence-corrected chi connectivity index (χ3v) is 6.24. The van der Waals surface area contributed by atoms with E-state index in [9.17, 15) is 14.0 Å². The molecule has 0 atom stereocenters. The first-order valence-electron chi connectivity index (χ1n) is 10.2. The fourth-order valence-corrected chi connectivity index (χ4v) is 4.49. The molecule has 0 amide bonds. The van der Waals surface area contributed by atoms with Gasteiger partial charge in [0.25, 0.3) is 5.56 Å². The number of hydrogen-bond acceptors (Lipinski definition) is 5. The summed E-state index contributed by atoms with van der Waals surface area (Å²) in [6.45, 7) is 1.73. The average Bonchev–Trinajstić information content (AvgIpc) is 2.72. The number of aromatic amines is 1. The largest absolute Gasteiger partial charge is 0.489 e. The Morgan fingerprint density at radius 3 is 2.53 bits per heavy atom. The van der Waals surface area contributed by atoms with Crippen LogP contribution in [0.4, 0.5) is 10.3 Å². The van der Waals surface area contributed by atoms with Crippen LogP contribution in [0.2, 0.25) is 0 Å².